The van der Waals surface area contributed by atoms with Crippen LogP contribution in [0.5, 0.6) is 0 Å². The van der Waals surface area contributed by atoms with Gasteiger partial charge < -0.3 is 14.6 Å². The fraction of sp³-hybridized carbons (Fsp3) is 0.500. The van der Waals surface area contributed by atoms with Crippen LogP contribution in [-0.2, 0) is 20.7 Å². The molecule has 2 aromatic rings. The van der Waals surface area contributed by atoms with Crippen LogP contribution >= 0.6 is 0 Å². The van der Waals surface area contributed by atoms with Crippen LogP contribution in [0.15, 0.2) is 72.2 Å². The molecule has 1 N–H and O–H groups in total. The molecule has 0 heterocycles. The van der Waals surface area contributed by atoms with Crippen molar-refractivity contribution in [2.75, 3.05) is 6.79 Å². The Morgan fingerprint density at radius 3 is 2.26 bits per heavy atom. The second-order valence-corrected chi connectivity index (χ2v) is 11.1. The van der Waals surface area contributed by atoms with E-state index in [2.05, 4.69) is 55.5 Å². The molecule has 1 unspecified atom stereocenters. The van der Waals surface area contributed by atoms with E-state index < -0.39 is 0 Å². The van der Waals surface area contributed by atoms with Crippen molar-refractivity contribution >= 4 is 5.97 Å². The highest BCUT2D eigenvalue weighted by molar-refractivity contribution is 5.65. The SMILES string of the molecule is CCCCCC1CCC(c2ccc(-c3ccc(CCC4C=C(O)C=C(OCOC(C)=O)C4)cc3)cc2)CC1. The summed E-state index contributed by atoms with van der Waals surface area (Å²) in [5.41, 5.74) is 5.31. The molecule has 0 bridgehead atoms. The Morgan fingerprint density at radius 1 is 0.921 bits per heavy atom. The van der Waals surface area contributed by atoms with Gasteiger partial charge in [-0.05, 0) is 84.6 Å². The normalized spacial score (nSPS) is 21.4. The van der Waals surface area contributed by atoms with Gasteiger partial charge in [0.25, 0.3) is 0 Å². The quantitative estimate of drug-likeness (QED) is 0.174. The fourth-order valence-corrected chi connectivity index (χ4v) is 5.94. The Balaban J connectivity index is 1.24. The molecule has 1 saturated carbocycles. The van der Waals surface area contributed by atoms with E-state index in [1.807, 2.05) is 6.08 Å². The number of benzene rings is 2. The summed E-state index contributed by atoms with van der Waals surface area (Å²) in [4.78, 5) is 10.9. The van der Waals surface area contributed by atoms with Crippen LogP contribution in [0.25, 0.3) is 11.1 Å². The Kier molecular flexibility index (Phi) is 10.5. The summed E-state index contributed by atoms with van der Waals surface area (Å²) in [6.45, 7) is 3.52. The number of aryl methyl sites for hydroxylation is 1. The molecule has 2 aliphatic rings. The number of carbonyl (C=O) groups is 1. The first-order valence-corrected chi connectivity index (χ1v) is 14.6. The molecule has 0 aromatic heterocycles. The van der Waals surface area contributed by atoms with Gasteiger partial charge in [-0.1, -0.05) is 81.1 Å². The summed E-state index contributed by atoms with van der Waals surface area (Å²) < 4.78 is 10.3. The molecule has 4 nitrogen and oxygen atoms in total. The Hall–Kier alpha value is -3.01. The summed E-state index contributed by atoms with van der Waals surface area (Å²) in [5.74, 6) is 2.34. The van der Waals surface area contributed by atoms with Crippen molar-refractivity contribution in [2.24, 2.45) is 11.8 Å². The van der Waals surface area contributed by atoms with Crippen LogP contribution < -0.4 is 0 Å². The molecular weight excluding hydrogens is 472 g/mol. The number of unbranched alkanes of at least 4 members (excludes halogenated alkanes) is 2. The third-order valence-electron chi connectivity index (χ3n) is 8.22. The van der Waals surface area contributed by atoms with E-state index in [0.717, 1.165) is 24.7 Å². The number of esters is 1. The number of aliphatic hydroxyl groups is 1. The number of hydrogen-bond donors (Lipinski definition) is 1. The maximum atomic E-state index is 10.9. The second-order valence-electron chi connectivity index (χ2n) is 11.1. The van der Waals surface area contributed by atoms with Gasteiger partial charge in [-0.2, -0.15) is 0 Å². The average Bonchev–Trinajstić information content (AvgIpc) is 2.92. The van der Waals surface area contributed by atoms with Gasteiger partial charge in [0.15, 0.2) is 0 Å². The van der Waals surface area contributed by atoms with Crippen molar-refractivity contribution in [1.29, 1.82) is 0 Å². The fourth-order valence-electron chi connectivity index (χ4n) is 5.94. The predicted octanol–water partition coefficient (Wildman–Crippen LogP) is 9.02. The van der Waals surface area contributed by atoms with Crippen molar-refractivity contribution in [3.8, 4) is 11.1 Å². The zero-order valence-electron chi connectivity index (χ0n) is 23.2. The number of allylic oxidation sites excluding steroid dienone is 3. The average molecular weight is 517 g/mol. The van der Waals surface area contributed by atoms with Gasteiger partial charge in [-0.15, -0.1) is 0 Å². The lowest BCUT2D eigenvalue weighted by Gasteiger charge is -2.29. The minimum absolute atomic E-state index is 0.121. The lowest BCUT2D eigenvalue weighted by atomic mass is 9.77. The van der Waals surface area contributed by atoms with Gasteiger partial charge in [-0.3, -0.25) is 4.79 Å². The summed E-state index contributed by atoms with van der Waals surface area (Å²) in [5, 5.41) is 10.1. The number of aliphatic hydroxyl groups excluding tert-OH is 1. The number of rotatable bonds is 12. The van der Waals surface area contributed by atoms with Crippen LogP contribution in [0, 0.1) is 11.8 Å². The standard InChI is InChI=1S/C34H44O4/c1-3-4-5-6-26-9-13-29(14-10-26)31-17-19-32(20-18-31)30-15-11-27(12-16-30)7-8-28-21-33(36)23-34(22-28)38-24-37-25(2)35/h11-12,15-21,23,26,28-29,36H,3-10,13-14,22,24H2,1-2H3. The minimum atomic E-state index is -0.382. The van der Waals surface area contributed by atoms with Gasteiger partial charge in [0.05, 0.1) is 0 Å². The molecule has 4 rings (SSSR count). The number of hydrogen-bond acceptors (Lipinski definition) is 4. The van der Waals surface area contributed by atoms with E-state index in [1.165, 1.54) is 80.5 Å². The lowest BCUT2D eigenvalue weighted by molar-refractivity contribution is -0.150. The molecule has 204 valence electrons. The smallest absolute Gasteiger partial charge is 0.305 e. The second kappa shape index (κ2) is 14.2. The van der Waals surface area contributed by atoms with E-state index in [0.29, 0.717) is 12.2 Å². The maximum absolute atomic E-state index is 10.9. The van der Waals surface area contributed by atoms with E-state index in [4.69, 9.17) is 9.47 Å². The molecule has 38 heavy (non-hydrogen) atoms. The monoisotopic (exact) mass is 516 g/mol. The highest BCUT2D eigenvalue weighted by atomic mass is 16.7. The lowest BCUT2D eigenvalue weighted by Crippen LogP contribution is -2.13. The van der Waals surface area contributed by atoms with Gasteiger partial charge in [0.2, 0.25) is 6.79 Å². The van der Waals surface area contributed by atoms with Crippen molar-refractivity contribution in [3.05, 3.63) is 83.3 Å². The maximum Gasteiger partial charge on any atom is 0.305 e. The first-order valence-electron chi connectivity index (χ1n) is 14.6. The molecule has 0 saturated heterocycles. The first-order chi connectivity index (χ1) is 18.5. The van der Waals surface area contributed by atoms with E-state index in [-0.39, 0.29) is 24.4 Å². The molecule has 1 atom stereocenters. The molecule has 0 aliphatic heterocycles. The highest BCUT2D eigenvalue weighted by Gasteiger charge is 2.22. The molecular formula is C34H44O4. The van der Waals surface area contributed by atoms with Gasteiger partial charge in [-0.25, -0.2) is 0 Å². The molecule has 2 aromatic carbocycles. The topological polar surface area (TPSA) is 55.8 Å². The van der Waals surface area contributed by atoms with E-state index in [1.54, 1.807) is 6.08 Å². The van der Waals surface area contributed by atoms with Crippen molar-refractivity contribution in [2.45, 2.75) is 90.4 Å². The van der Waals surface area contributed by atoms with Gasteiger partial charge in [0.1, 0.15) is 11.5 Å². The molecule has 4 heteroatoms. The Bertz CT molecular complexity index is 1070. The predicted molar refractivity (Wildman–Crippen MR) is 154 cm³/mol. The summed E-state index contributed by atoms with van der Waals surface area (Å²) >= 11 is 0. The number of ether oxygens (including phenoxy) is 2. The molecule has 1 fully saturated rings. The minimum Gasteiger partial charge on any atom is -0.508 e. The van der Waals surface area contributed by atoms with Gasteiger partial charge in [0, 0.05) is 19.4 Å². The highest BCUT2D eigenvalue weighted by Crippen LogP contribution is 2.38. The molecule has 0 amide bonds. The largest absolute Gasteiger partial charge is 0.508 e. The van der Waals surface area contributed by atoms with Crippen molar-refractivity contribution < 1.29 is 19.4 Å². The van der Waals surface area contributed by atoms with E-state index in [9.17, 15) is 9.90 Å². The summed E-state index contributed by atoms with van der Waals surface area (Å²) in [6.07, 6.45) is 17.0. The molecule has 0 spiro atoms. The van der Waals surface area contributed by atoms with Crippen LogP contribution in [0.1, 0.15) is 95.1 Å². The number of carbonyl (C=O) groups excluding carboxylic acids is 1. The third kappa shape index (κ3) is 8.51. The molecule has 2 aliphatic carbocycles. The van der Waals surface area contributed by atoms with Crippen LogP contribution in [0.4, 0.5) is 0 Å². The van der Waals surface area contributed by atoms with Crippen LogP contribution in [0.2, 0.25) is 0 Å². The van der Waals surface area contributed by atoms with Crippen LogP contribution in [-0.4, -0.2) is 17.9 Å². The Morgan fingerprint density at radius 2 is 1.61 bits per heavy atom. The Labute approximate surface area is 228 Å². The van der Waals surface area contributed by atoms with Crippen molar-refractivity contribution in [1.82, 2.24) is 0 Å². The van der Waals surface area contributed by atoms with Crippen molar-refractivity contribution in [3.63, 3.8) is 0 Å². The zero-order chi connectivity index (χ0) is 26.7. The van der Waals surface area contributed by atoms with Crippen LogP contribution in [0.3, 0.4) is 0 Å². The zero-order valence-corrected chi connectivity index (χ0v) is 23.2. The first kappa shape index (κ1) is 28.0. The third-order valence-corrected chi connectivity index (χ3v) is 8.22. The van der Waals surface area contributed by atoms with Gasteiger partial charge >= 0.3 is 5.97 Å². The summed E-state index contributed by atoms with van der Waals surface area (Å²) in [7, 11) is 0. The molecule has 0 radical (unpaired) electrons. The van der Waals surface area contributed by atoms with E-state index >= 15 is 0 Å². The summed E-state index contributed by atoms with van der Waals surface area (Å²) in [6, 6.07) is 18.1.